The number of carbonyl (C=O) groups is 1. The van der Waals surface area contributed by atoms with Crippen LogP contribution in [0.4, 0.5) is 5.82 Å². The second-order valence-corrected chi connectivity index (χ2v) is 5.02. The molecule has 0 saturated carbocycles. The third-order valence-corrected chi connectivity index (χ3v) is 2.58. The van der Waals surface area contributed by atoms with Crippen molar-refractivity contribution in [1.29, 1.82) is 0 Å². The third kappa shape index (κ3) is 4.23. The Kier molecular flexibility index (Phi) is 4.34. The van der Waals surface area contributed by atoms with E-state index in [9.17, 15) is 4.79 Å². The molecule has 0 atom stereocenters. The van der Waals surface area contributed by atoms with E-state index in [1.165, 1.54) is 12.1 Å². The fourth-order valence-electron chi connectivity index (χ4n) is 1.72. The number of hydrogen-bond donors (Lipinski definition) is 2. The van der Waals surface area contributed by atoms with E-state index < -0.39 is 5.97 Å². The first-order valence-corrected chi connectivity index (χ1v) is 5.91. The maximum absolute atomic E-state index is 10.9. The molecule has 0 saturated heterocycles. The number of aromatic nitrogens is 1. The number of aromatic carboxylic acids is 1. The van der Waals surface area contributed by atoms with Crippen molar-refractivity contribution < 1.29 is 9.90 Å². The van der Waals surface area contributed by atoms with Gasteiger partial charge in [-0.2, -0.15) is 0 Å². The fourth-order valence-corrected chi connectivity index (χ4v) is 1.93. The van der Waals surface area contributed by atoms with Gasteiger partial charge in [0, 0.05) is 5.54 Å². The Hall–Kier alpha value is -1.29. The molecule has 0 radical (unpaired) electrons. The number of nitrogens with one attached hydrogen (secondary N) is 1. The summed E-state index contributed by atoms with van der Waals surface area (Å²) in [5.74, 6) is -0.515. The number of rotatable bonds is 5. The number of hydrogen-bond acceptors (Lipinski definition) is 3. The molecule has 0 aliphatic carbocycles. The van der Waals surface area contributed by atoms with Crippen LogP contribution in [-0.2, 0) is 0 Å². The fraction of sp³-hybridized carbons (Fsp3) is 0.500. The highest BCUT2D eigenvalue weighted by Gasteiger charge is 2.17. The first-order chi connectivity index (χ1) is 7.84. The summed E-state index contributed by atoms with van der Waals surface area (Å²) in [5, 5.41) is 12.3. The lowest BCUT2D eigenvalue weighted by Gasteiger charge is -2.26. The second kappa shape index (κ2) is 5.36. The predicted octanol–water partition coefficient (Wildman–Crippen LogP) is 3.42. The van der Waals surface area contributed by atoms with Crippen molar-refractivity contribution in [2.75, 3.05) is 5.32 Å². The van der Waals surface area contributed by atoms with Gasteiger partial charge >= 0.3 is 5.97 Å². The summed E-state index contributed by atoms with van der Waals surface area (Å²) in [5.41, 5.74) is 0.00200. The zero-order valence-electron chi connectivity index (χ0n) is 10.2. The number of pyridine rings is 1. The summed E-state index contributed by atoms with van der Waals surface area (Å²) in [6, 6.07) is 2.83. The maximum Gasteiger partial charge on any atom is 0.335 e. The summed E-state index contributed by atoms with van der Waals surface area (Å²) < 4.78 is 0. The molecule has 1 rings (SSSR count). The monoisotopic (exact) mass is 256 g/mol. The van der Waals surface area contributed by atoms with E-state index in [4.69, 9.17) is 16.7 Å². The lowest BCUT2D eigenvalue weighted by molar-refractivity contribution is 0.0697. The quantitative estimate of drug-likeness (QED) is 0.793. The largest absolute Gasteiger partial charge is 0.478 e. The molecule has 5 heteroatoms. The first-order valence-electron chi connectivity index (χ1n) is 5.53. The van der Waals surface area contributed by atoms with Gasteiger partial charge in [0.1, 0.15) is 11.0 Å². The molecule has 1 aromatic rings. The number of carboxylic acid groups (broad SMARTS) is 1. The van der Waals surface area contributed by atoms with Gasteiger partial charge in [-0.3, -0.25) is 0 Å². The molecule has 0 aromatic carbocycles. The zero-order chi connectivity index (χ0) is 13.1. The van der Waals surface area contributed by atoms with Crippen molar-refractivity contribution >= 4 is 23.4 Å². The number of nitrogens with zero attached hydrogens (tertiary/aromatic N) is 1. The zero-order valence-corrected chi connectivity index (χ0v) is 11.0. The van der Waals surface area contributed by atoms with Crippen LogP contribution in [0.1, 0.15) is 44.0 Å². The SMILES string of the molecule is CCCC(C)(C)Nc1cc(C(=O)O)cc(Cl)n1. The van der Waals surface area contributed by atoms with Crippen LogP contribution in [-0.4, -0.2) is 21.6 Å². The molecule has 2 N–H and O–H groups in total. The Balaban J connectivity index is 2.95. The van der Waals surface area contributed by atoms with Gasteiger partial charge in [0.25, 0.3) is 0 Å². The van der Waals surface area contributed by atoms with Crippen molar-refractivity contribution in [2.24, 2.45) is 0 Å². The van der Waals surface area contributed by atoms with Gasteiger partial charge in [0.2, 0.25) is 0 Å². The first kappa shape index (κ1) is 13.8. The Morgan fingerprint density at radius 1 is 1.53 bits per heavy atom. The molecule has 0 bridgehead atoms. The Morgan fingerprint density at radius 3 is 2.71 bits per heavy atom. The molecule has 0 aliphatic rings. The van der Waals surface area contributed by atoms with Gasteiger partial charge in [0.05, 0.1) is 5.56 Å². The minimum Gasteiger partial charge on any atom is -0.478 e. The molecule has 1 heterocycles. The molecule has 0 aliphatic heterocycles. The standard InChI is InChI=1S/C12H17ClN2O2/c1-4-5-12(2,3)15-10-7-8(11(16)17)6-9(13)14-10/h6-7H,4-5H2,1-3H3,(H,14,15)(H,16,17). The van der Waals surface area contributed by atoms with Crippen molar-refractivity contribution in [3.63, 3.8) is 0 Å². The van der Waals surface area contributed by atoms with Crippen LogP contribution in [0.3, 0.4) is 0 Å². The average Bonchev–Trinajstić information content (AvgIpc) is 2.15. The van der Waals surface area contributed by atoms with Crippen LogP contribution in [0, 0.1) is 0 Å². The van der Waals surface area contributed by atoms with Crippen LogP contribution in [0.25, 0.3) is 0 Å². The Bertz CT molecular complexity index is 419. The van der Waals surface area contributed by atoms with E-state index in [2.05, 4.69) is 17.2 Å². The average molecular weight is 257 g/mol. The third-order valence-electron chi connectivity index (χ3n) is 2.38. The highest BCUT2D eigenvalue weighted by atomic mass is 35.5. The minimum absolute atomic E-state index is 0.137. The molecule has 0 spiro atoms. The molecular formula is C12H17ClN2O2. The molecule has 0 unspecified atom stereocenters. The molecule has 1 aromatic heterocycles. The van der Waals surface area contributed by atoms with E-state index in [0.717, 1.165) is 12.8 Å². The molecule has 94 valence electrons. The van der Waals surface area contributed by atoms with Gasteiger partial charge < -0.3 is 10.4 Å². The topological polar surface area (TPSA) is 62.2 Å². The molecular weight excluding hydrogens is 240 g/mol. The lowest BCUT2D eigenvalue weighted by atomic mass is 9.99. The maximum atomic E-state index is 10.9. The number of carboxylic acids is 1. The van der Waals surface area contributed by atoms with E-state index in [-0.39, 0.29) is 16.3 Å². The summed E-state index contributed by atoms with van der Waals surface area (Å²) in [4.78, 5) is 15.0. The number of halogens is 1. The van der Waals surface area contributed by atoms with Crippen molar-refractivity contribution in [2.45, 2.75) is 39.2 Å². The van der Waals surface area contributed by atoms with E-state index in [1.807, 2.05) is 13.8 Å². The van der Waals surface area contributed by atoms with E-state index in [0.29, 0.717) is 5.82 Å². The Morgan fingerprint density at radius 2 is 2.18 bits per heavy atom. The van der Waals surface area contributed by atoms with Gasteiger partial charge in [0.15, 0.2) is 0 Å². The predicted molar refractivity (Wildman–Crippen MR) is 68.8 cm³/mol. The van der Waals surface area contributed by atoms with E-state index >= 15 is 0 Å². The van der Waals surface area contributed by atoms with Crippen molar-refractivity contribution in [1.82, 2.24) is 4.98 Å². The van der Waals surface area contributed by atoms with E-state index in [1.54, 1.807) is 0 Å². The molecule has 0 fully saturated rings. The van der Waals surface area contributed by atoms with Gasteiger partial charge in [-0.1, -0.05) is 24.9 Å². The van der Waals surface area contributed by atoms with Crippen LogP contribution in [0.15, 0.2) is 12.1 Å². The molecule has 0 amide bonds. The second-order valence-electron chi connectivity index (χ2n) is 4.63. The van der Waals surface area contributed by atoms with Crippen LogP contribution in [0.5, 0.6) is 0 Å². The van der Waals surface area contributed by atoms with Crippen molar-refractivity contribution in [3.05, 3.63) is 22.8 Å². The number of anilines is 1. The highest BCUT2D eigenvalue weighted by molar-refractivity contribution is 6.29. The molecule has 17 heavy (non-hydrogen) atoms. The summed E-state index contributed by atoms with van der Waals surface area (Å²) in [6.07, 6.45) is 2.00. The summed E-state index contributed by atoms with van der Waals surface area (Å²) >= 11 is 5.79. The van der Waals surface area contributed by atoms with Gasteiger partial charge in [-0.25, -0.2) is 9.78 Å². The lowest BCUT2D eigenvalue weighted by Crippen LogP contribution is -2.31. The normalized spacial score (nSPS) is 11.3. The molecule has 4 nitrogen and oxygen atoms in total. The van der Waals surface area contributed by atoms with Gasteiger partial charge in [-0.15, -0.1) is 0 Å². The Labute approximate surface area is 106 Å². The van der Waals surface area contributed by atoms with Gasteiger partial charge in [-0.05, 0) is 32.4 Å². The highest BCUT2D eigenvalue weighted by Crippen LogP contribution is 2.21. The summed E-state index contributed by atoms with van der Waals surface area (Å²) in [7, 11) is 0. The van der Waals surface area contributed by atoms with Crippen LogP contribution < -0.4 is 5.32 Å². The van der Waals surface area contributed by atoms with Crippen LogP contribution in [0.2, 0.25) is 5.15 Å². The van der Waals surface area contributed by atoms with Crippen molar-refractivity contribution in [3.8, 4) is 0 Å². The summed E-state index contributed by atoms with van der Waals surface area (Å²) in [6.45, 7) is 6.18. The van der Waals surface area contributed by atoms with Crippen LogP contribution >= 0.6 is 11.6 Å². The smallest absolute Gasteiger partial charge is 0.335 e. The minimum atomic E-state index is -1.01.